The molecule has 1 aliphatic rings. The van der Waals surface area contributed by atoms with Gasteiger partial charge in [-0.25, -0.2) is 0 Å². The Hall–Kier alpha value is -3.19. The summed E-state index contributed by atoms with van der Waals surface area (Å²) in [7, 11) is 0. The third-order valence-electron chi connectivity index (χ3n) is 7.12. The number of hydrogen-bond acceptors (Lipinski definition) is 5. The van der Waals surface area contributed by atoms with Gasteiger partial charge in [-0.05, 0) is 72.6 Å². The number of allylic oxidation sites excluding steroid dienone is 1. The van der Waals surface area contributed by atoms with Crippen molar-refractivity contribution in [3.63, 3.8) is 0 Å². The Morgan fingerprint density at radius 1 is 1.02 bits per heavy atom. The van der Waals surface area contributed by atoms with E-state index in [2.05, 4.69) is 50.3 Å². The molecule has 1 aliphatic carbocycles. The third-order valence-corrected chi connectivity index (χ3v) is 7.12. The summed E-state index contributed by atoms with van der Waals surface area (Å²) >= 11 is 0. The van der Waals surface area contributed by atoms with E-state index in [1.807, 2.05) is 54.3 Å². The number of benzene rings is 3. The molecule has 0 saturated heterocycles. The normalized spacial score (nSPS) is 16.7. The second-order valence-corrected chi connectivity index (χ2v) is 10.9. The number of carbonyl (C=O) groups excluding carboxylic acids is 1. The number of ether oxygens (including phenoxy) is 3. The maximum Gasteiger partial charge on any atom is 0.240 e. The van der Waals surface area contributed by atoms with Crippen LogP contribution in [0, 0.1) is 5.92 Å². The van der Waals surface area contributed by atoms with E-state index in [9.17, 15) is 4.79 Å². The third kappa shape index (κ3) is 8.65. The van der Waals surface area contributed by atoms with Gasteiger partial charge >= 0.3 is 0 Å². The summed E-state index contributed by atoms with van der Waals surface area (Å²) in [6.45, 7) is 8.10. The van der Waals surface area contributed by atoms with Crippen molar-refractivity contribution in [2.75, 3.05) is 19.8 Å². The van der Waals surface area contributed by atoms with E-state index < -0.39 is 12.3 Å². The number of amides is 1. The highest BCUT2D eigenvalue weighted by molar-refractivity contribution is 5.87. The molecule has 3 aromatic carbocycles. The highest BCUT2D eigenvalue weighted by Gasteiger charge is 2.27. The molecule has 3 aromatic rings. The predicted molar refractivity (Wildman–Crippen MR) is 161 cm³/mol. The van der Waals surface area contributed by atoms with Crippen LogP contribution >= 0.6 is 0 Å². The summed E-state index contributed by atoms with van der Waals surface area (Å²) in [5.74, 6) is 1.16. The maximum absolute atomic E-state index is 13.9. The zero-order valence-corrected chi connectivity index (χ0v) is 24.1. The van der Waals surface area contributed by atoms with Crippen LogP contribution in [0.2, 0.25) is 0 Å². The molecule has 1 amide bonds. The highest BCUT2D eigenvalue weighted by Crippen LogP contribution is 2.23. The molecule has 0 aromatic heterocycles. The quantitative estimate of drug-likeness (QED) is 0.192. The van der Waals surface area contributed by atoms with E-state index in [0.717, 1.165) is 46.9 Å². The lowest BCUT2D eigenvalue weighted by Gasteiger charge is -2.32. The van der Waals surface area contributed by atoms with Gasteiger partial charge in [0.2, 0.25) is 5.91 Å². The molecule has 6 heteroatoms. The van der Waals surface area contributed by atoms with Gasteiger partial charge in [0.1, 0.15) is 5.75 Å². The molecule has 40 heavy (non-hydrogen) atoms. The van der Waals surface area contributed by atoms with Gasteiger partial charge in [-0.2, -0.15) is 0 Å². The molecular formula is C34H44N2O4. The predicted octanol–water partition coefficient (Wildman–Crippen LogP) is 6.26. The lowest BCUT2D eigenvalue weighted by molar-refractivity contribution is -0.182. The van der Waals surface area contributed by atoms with Crippen LogP contribution in [0.5, 0.6) is 5.75 Å². The molecule has 0 heterocycles. The van der Waals surface area contributed by atoms with Crippen molar-refractivity contribution in [1.29, 1.82) is 0 Å². The Kier molecular flexibility index (Phi) is 11.2. The van der Waals surface area contributed by atoms with E-state index in [4.69, 9.17) is 19.9 Å². The smallest absolute Gasteiger partial charge is 0.240 e. The summed E-state index contributed by atoms with van der Waals surface area (Å²) in [4.78, 5) is 15.7. The summed E-state index contributed by atoms with van der Waals surface area (Å²) in [6.07, 6.45) is 7.15. The van der Waals surface area contributed by atoms with Crippen molar-refractivity contribution in [3.8, 4) is 5.75 Å². The monoisotopic (exact) mass is 544 g/mol. The molecule has 0 fully saturated rings. The summed E-state index contributed by atoms with van der Waals surface area (Å²) in [5.41, 5.74) is 8.64. The van der Waals surface area contributed by atoms with Crippen LogP contribution < -0.4 is 10.5 Å². The number of rotatable bonds is 14. The number of fused-ring (bicyclic) bond motifs is 1. The second kappa shape index (κ2) is 15.0. The number of nitrogens with two attached hydrogens (primary N) is 1. The lowest BCUT2D eigenvalue weighted by Crippen LogP contribution is -2.48. The molecule has 2 unspecified atom stereocenters. The van der Waals surface area contributed by atoms with Crippen molar-refractivity contribution >= 4 is 16.7 Å². The van der Waals surface area contributed by atoms with E-state index in [0.29, 0.717) is 38.6 Å². The molecule has 6 nitrogen and oxygen atoms in total. The van der Waals surface area contributed by atoms with Crippen LogP contribution in [0.25, 0.3) is 10.8 Å². The highest BCUT2D eigenvalue weighted by atomic mass is 16.7. The number of hydrogen-bond donors (Lipinski definition) is 1. The first-order chi connectivity index (χ1) is 19.4. The maximum atomic E-state index is 13.9. The van der Waals surface area contributed by atoms with Crippen LogP contribution in [0.15, 0.2) is 78.9 Å². The SMILES string of the molecule is CCOC(CN(Cc1cccc2ccccc12)C(=O)[C@@H](N)Cc1ccc(OCC(C)C)cc1)OC1CC=CCC1. The Bertz CT molecular complexity index is 1230. The lowest BCUT2D eigenvalue weighted by atomic mass is 10.0. The van der Waals surface area contributed by atoms with E-state index in [1.54, 1.807) is 0 Å². The largest absolute Gasteiger partial charge is 0.493 e. The van der Waals surface area contributed by atoms with Crippen LogP contribution in [0.1, 0.15) is 51.2 Å². The first-order valence-corrected chi connectivity index (χ1v) is 14.6. The van der Waals surface area contributed by atoms with Gasteiger partial charge in [-0.15, -0.1) is 0 Å². The molecule has 0 radical (unpaired) electrons. The van der Waals surface area contributed by atoms with Crippen LogP contribution in [-0.2, 0) is 27.2 Å². The molecule has 4 rings (SSSR count). The molecule has 0 spiro atoms. The van der Waals surface area contributed by atoms with E-state index in [-0.39, 0.29) is 12.0 Å². The molecule has 0 aliphatic heterocycles. The van der Waals surface area contributed by atoms with Gasteiger partial charge < -0.3 is 24.8 Å². The molecule has 0 saturated carbocycles. The van der Waals surface area contributed by atoms with Crippen LogP contribution in [0.4, 0.5) is 0 Å². The molecule has 2 N–H and O–H groups in total. The number of carbonyl (C=O) groups is 1. The van der Waals surface area contributed by atoms with E-state index >= 15 is 0 Å². The van der Waals surface area contributed by atoms with Gasteiger partial charge in [0.05, 0.1) is 25.3 Å². The zero-order chi connectivity index (χ0) is 28.3. The van der Waals surface area contributed by atoms with Crippen molar-refractivity contribution in [3.05, 3.63) is 90.0 Å². The van der Waals surface area contributed by atoms with Crippen molar-refractivity contribution in [1.82, 2.24) is 4.90 Å². The Labute approximate surface area is 239 Å². The van der Waals surface area contributed by atoms with Crippen LogP contribution in [0.3, 0.4) is 0 Å². The molecular weight excluding hydrogens is 500 g/mol. The first-order valence-electron chi connectivity index (χ1n) is 14.6. The minimum Gasteiger partial charge on any atom is -0.493 e. The fourth-order valence-electron chi connectivity index (χ4n) is 5.03. The average Bonchev–Trinajstić information content (AvgIpc) is 2.97. The molecule has 214 valence electrons. The van der Waals surface area contributed by atoms with Gasteiger partial charge in [-0.1, -0.05) is 80.6 Å². The van der Waals surface area contributed by atoms with Crippen molar-refractivity contribution in [2.24, 2.45) is 11.7 Å². The summed E-state index contributed by atoms with van der Waals surface area (Å²) < 4.78 is 18.2. The minimum absolute atomic E-state index is 0.0844. The summed E-state index contributed by atoms with van der Waals surface area (Å²) in [6, 6.07) is 21.6. The Morgan fingerprint density at radius 2 is 1.80 bits per heavy atom. The second-order valence-electron chi connectivity index (χ2n) is 10.9. The van der Waals surface area contributed by atoms with Crippen LogP contribution in [-0.4, -0.2) is 49.0 Å². The average molecular weight is 545 g/mol. The van der Waals surface area contributed by atoms with Crippen molar-refractivity contribution in [2.45, 2.75) is 71.4 Å². The topological polar surface area (TPSA) is 74.0 Å². The minimum atomic E-state index is -0.697. The Morgan fingerprint density at radius 3 is 2.52 bits per heavy atom. The first kappa shape index (κ1) is 29.8. The molecule has 3 atom stereocenters. The van der Waals surface area contributed by atoms with Gasteiger partial charge in [0.25, 0.3) is 0 Å². The zero-order valence-electron chi connectivity index (χ0n) is 24.1. The van der Waals surface area contributed by atoms with Crippen molar-refractivity contribution < 1.29 is 19.0 Å². The summed E-state index contributed by atoms with van der Waals surface area (Å²) in [5, 5.41) is 2.27. The fourth-order valence-corrected chi connectivity index (χ4v) is 5.03. The molecule has 0 bridgehead atoms. The van der Waals surface area contributed by atoms with Gasteiger partial charge in [-0.3, -0.25) is 4.79 Å². The van der Waals surface area contributed by atoms with Gasteiger partial charge in [0.15, 0.2) is 6.29 Å². The Balaban J connectivity index is 1.52. The standard InChI is InChI=1S/C34H44N2O4/c1-4-38-33(40-30-14-6-5-7-15-30)23-36(22-28-13-10-12-27-11-8-9-16-31(27)28)34(37)32(35)21-26-17-19-29(20-18-26)39-24-25(2)3/h5-6,8-13,16-20,25,30,32-33H,4,7,14-15,21-24,35H2,1-3H3/t30?,32-,33?/m0/s1. The fraction of sp³-hybridized carbons (Fsp3) is 0.441. The number of nitrogens with zero attached hydrogens (tertiary/aromatic N) is 1. The van der Waals surface area contributed by atoms with Gasteiger partial charge in [0, 0.05) is 13.2 Å². The van der Waals surface area contributed by atoms with E-state index in [1.165, 1.54) is 0 Å².